The molecule has 2 N–H and O–H groups in total. The molecule has 0 amide bonds. The van der Waals surface area contributed by atoms with E-state index in [4.69, 9.17) is 5.73 Å². The molecule has 1 aliphatic heterocycles. The molecule has 0 unspecified atom stereocenters. The highest BCUT2D eigenvalue weighted by atomic mass is 15.3. The van der Waals surface area contributed by atoms with Crippen molar-refractivity contribution in [2.45, 2.75) is 19.8 Å². The Labute approximate surface area is 139 Å². The highest BCUT2D eigenvalue weighted by molar-refractivity contribution is 5.53. The number of aryl methyl sites for hydroxylation is 2. The van der Waals surface area contributed by atoms with Crippen LogP contribution in [0, 0.1) is 6.92 Å². The molecule has 3 nitrogen and oxygen atoms in total. The van der Waals surface area contributed by atoms with E-state index in [1.807, 2.05) is 12.1 Å². The molecule has 1 heterocycles. The van der Waals surface area contributed by atoms with Gasteiger partial charge in [0.05, 0.1) is 0 Å². The molecule has 0 bridgehead atoms. The third-order valence-corrected chi connectivity index (χ3v) is 4.81. The van der Waals surface area contributed by atoms with Gasteiger partial charge in [-0.3, -0.25) is 4.90 Å². The van der Waals surface area contributed by atoms with Crippen LogP contribution < -0.4 is 10.6 Å². The monoisotopic (exact) mass is 309 g/mol. The molecule has 0 radical (unpaired) electrons. The number of rotatable bonds is 5. The van der Waals surface area contributed by atoms with Crippen LogP contribution in [0.25, 0.3) is 0 Å². The zero-order valence-electron chi connectivity index (χ0n) is 14.0. The van der Waals surface area contributed by atoms with Crippen LogP contribution in [-0.2, 0) is 6.42 Å². The van der Waals surface area contributed by atoms with Crippen molar-refractivity contribution in [3.63, 3.8) is 0 Å². The van der Waals surface area contributed by atoms with Crippen molar-refractivity contribution >= 4 is 11.4 Å². The minimum Gasteiger partial charge on any atom is -0.399 e. The lowest BCUT2D eigenvalue weighted by molar-refractivity contribution is 0.255. The van der Waals surface area contributed by atoms with E-state index in [9.17, 15) is 0 Å². The molecule has 0 saturated carbocycles. The van der Waals surface area contributed by atoms with Gasteiger partial charge in [0.2, 0.25) is 0 Å². The Morgan fingerprint density at radius 3 is 2.30 bits per heavy atom. The van der Waals surface area contributed by atoms with Crippen molar-refractivity contribution in [3.05, 3.63) is 59.7 Å². The number of hydrogen-bond acceptors (Lipinski definition) is 3. The smallest absolute Gasteiger partial charge is 0.0368 e. The van der Waals surface area contributed by atoms with Gasteiger partial charge in [0, 0.05) is 37.6 Å². The van der Waals surface area contributed by atoms with E-state index in [-0.39, 0.29) is 0 Å². The van der Waals surface area contributed by atoms with E-state index in [2.05, 4.69) is 53.1 Å². The van der Waals surface area contributed by atoms with Crippen molar-refractivity contribution in [2.24, 2.45) is 0 Å². The summed E-state index contributed by atoms with van der Waals surface area (Å²) in [6, 6.07) is 17.0. The predicted octanol–water partition coefficient (Wildman–Crippen LogP) is 3.33. The number of piperazine rings is 1. The van der Waals surface area contributed by atoms with Crippen LogP contribution in [0.1, 0.15) is 17.5 Å². The number of nitrogens with two attached hydrogens (primary N) is 1. The lowest BCUT2D eigenvalue weighted by Crippen LogP contribution is -2.46. The summed E-state index contributed by atoms with van der Waals surface area (Å²) < 4.78 is 0. The van der Waals surface area contributed by atoms with Gasteiger partial charge in [-0.1, -0.05) is 24.3 Å². The SMILES string of the molecule is Cc1ccccc1CCCN1CCN(c2ccc(N)cc2)CC1. The largest absolute Gasteiger partial charge is 0.399 e. The Bertz CT molecular complexity index is 613. The zero-order chi connectivity index (χ0) is 16.1. The molecule has 23 heavy (non-hydrogen) atoms. The summed E-state index contributed by atoms with van der Waals surface area (Å²) in [5, 5.41) is 0. The molecule has 1 aliphatic rings. The zero-order valence-corrected chi connectivity index (χ0v) is 14.0. The normalized spacial score (nSPS) is 15.8. The van der Waals surface area contributed by atoms with Gasteiger partial charge in [0.1, 0.15) is 0 Å². The standard InChI is InChI=1S/C20H27N3/c1-17-5-2-3-6-18(17)7-4-12-22-13-15-23(16-14-22)20-10-8-19(21)9-11-20/h2-3,5-6,8-11H,4,7,12-16,21H2,1H3. The summed E-state index contributed by atoms with van der Waals surface area (Å²) in [4.78, 5) is 5.04. The van der Waals surface area contributed by atoms with Crippen molar-refractivity contribution in [3.8, 4) is 0 Å². The maximum Gasteiger partial charge on any atom is 0.0368 e. The second-order valence-electron chi connectivity index (χ2n) is 6.45. The third kappa shape index (κ3) is 4.26. The van der Waals surface area contributed by atoms with Crippen molar-refractivity contribution in [1.82, 2.24) is 4.90 Å². The Balaban J connectivity index is 1.43. The highest BCUT2D eigenvalue weighted by Gasteiger charge is 2.16. The van der Waals surface area contributed by atoms with Gasteiger partial charge in [0.25, 0.3) is 0 Å². The van der Waals surface area contributed by atoms with Crippen LogP contribution in [0.3, 0.4) is 0 Å². The average Bonchev–Trinajstić information content (AvgIpc) is 2.58. The molecule has 0 aliphatic carbocycles. The number of nitrogens with zero attached hydrogens (tertiary/aromatic N) is 2. The molecule has 2 aromatic rings. The van der Waals surface area contributed by atoms with Crippen LogP contribution in [0.2, 0.25) is 0 Å². The number of nitrogen functional groups attached to an aromatic ring is 1. The highest BCUT2D eigenvalue weighted by Crippen LogP contribution is 2.18. The van der Waals surface area contributed by atoms with Crippen LogP contribution in [0.5, 0.6) is 0 Å². The average molecular weight is 309 g/mol. The number of anilines is 2. The van der Waals surface area contributed by atoms with Crippen molar-refractivity contribution < 1.29 is 0 Å². The second-order valence-corrected chi connectivity index (χ2v) is 6.45. The van der Waals surface area contributed by atoms with Crippen LogP contribution in [0.4, 0.5) is 11.4 Å². The van der Waals surface area contributed by atoms with E-state index in [0.717, 1.165) is 31.9 Å². The lowest BCUT2D eigenvalue weighted by Gasteiger charge is -2.36. The summed E-state index contributed by atoms with van der Waals surface area (Å²) in [6.07, 6.45) is 2.43. The summed E-state index contributed by atoms with van der Waals surface area (Å²) in [5.41, 5.74) is 10.8. The number of benzene rings is 2. The third-order valence-electron chi connectivity index (χ3n) is 4.81. The van der Waals surface area contributed by atoms with Gasteiger partial charge in [-0.15, -0.1) is 0 Å². The molecule has 0 aromatic heterocycles. The van der Waals surface area contributed by atoms with Crippen LogP contribution in [-0.4, -0.2) is 37.6 Å². The van der Waals surface area contributed by atoms with Crippen LogP contribution in [0.15, 0.2) is 48.5 Å². The Morgan fingerprint density at radius 2 is 1.61 bits per heavy atom. The van der Waals surface area contributed by atoms with Gasteiger partial charge >= 0.3 is 0 Å². The molecular weight excluding hydrogens is 282 g/mol. The first-order valence-corrected chi connectivity index (χ1v) is 8.60. The maximum absolute atomic E-state index is 5.76. The Morgan fingerprint density at radius 1 is 0.913 bits per heavy atom. The predicted molar refractivity (Wildman–Crippen MR) is 99.0 cm³/mol. The fourth-order valence-electron chi connectivity index (χ4n) is 3.30. The molecule has 2 aromatic carbocycles. The summed E-state index contributed by atoms with van der Waals surface area (Å²) in [7, 11) is 0. The fourth-order valence-corrected chi connectivity index (χ4v) is 3.30. The first kappa shape index (κ1) is 15.9. The van der Waals surface area contributed by atoms with Gasteiger partial charge < -0.3 is 10.6 Å². The molecule has 0 atom stereocenters. The quantitative estimate of drug-likeness (QED) is 0.860. The van der Waals surface area contributed by atoms with Crippen molar-refractivity contribution in [2.75, 3.05) is 43.4 Å². The summed E-state index contributed by atoms with van der Waals surface area (Å²) >= 11 is 0. The Kier molecular flexibility index (Phi) is 5.19. The first-order valence-electron chi connectivity index (χ1n) is 8.60. The summed E-state index contributed by atoms with van der Waals surface area (Å²) in [6.45, 7) is 7.92. The molecule has 3 rings (SSSR count). The molecular formula is C20H27N3. The van der Waals surface area contributed by atoms with Gasteiger partial charge in [-0.05, 0) is 61.7 Å². The van der Waals surface area contributed by atoms with Crippen molar-refractivity contribution in [1.29, 1.82) is 0 Å². The van der Waals surface area contributed by atoms with E-state index in [0.29, 0.717) is 0 Å². The molecule has 1 saturated heterocycles. The van der Waals surface area contributed by atoms with E-state index in [1.165, 1.54) is 36.2 Å². The van der Waals surface area contributed by atoms with Gasteiger partial charge in [-0.25, -0.2) is 0 Å². The second kappa shape index (κ2) is 7.51. The topological polar surface area (TPSA) is 32.5 Å². The Hall–Kier alpha value is -2.00. The molecule has 0 spiro atoms. The van der Waals surface area contributed by atoms with Gasteiger partial charge in [-0.2, -0.15) is 0 Å². The van der Waals surface area contributed by atoms with E-state index >= 15 is 0 Å². The maximum atomic E-state index is 5.76. The lowest BCUT2D eigenvalue weighted by atomic mass is 10.0. The first-order chi connectivity index (χ1) is 11.2. The van der Waals surface area contributed by atoms with E-state index < -0.39 is 0 Å². The minimum atomic E-state index is 0.837. The minimum absolute atomic E-state index is 0.837. The number of hydrogen-bond donors (Lipinski definition) is 1. The molecule has 1 fully saturated rings. The molecule has 122 valence electrons. The van der Waals surface area contributed by atoms with E-state index in [1.54, 1.807) is 0 Å². The fraction of sp³-hybridized carbons (Fsp3) is 0.400. The van der Waals surface area contributed by atoms with Gasteiger partial charge in [0.15, 0.2) is 0 Å². The molecule has 3 heteroatoms. The van der Waals surface area contributed by atoms with Crippen LogP contribution >= 0.6 is 0 Å². The summed E-state index contributed by atoms with van der Waals surface area (Å²) in [5.74, 6) is 0.